The van der Waals surface area contributed by atoms with Crippen LogP contribution < -0.4 is 0 Å². The maximum absolute atomic E-state index is 13.3. The Hall–Kier alpha value is -2.83. The van der Waals surface area contributed by atoms with Crippen molar-refractivity contribution in [1.82, 2.24) is 24.2 Å². The van der Waals surface area contributed by atoms with Crippen molar-refractivity contribution in [2.75, 3.05) is 7.05 Å². The Morgan fingerprint density at radius 1 is 1.29 bits per heavy atom. The molecule has 1 aliphatic heterocycles. The number of nitrogens with zero attached hydrogens (tertiary/aromatic N) is 5. The van der Waals surface area contributed by atoms with Gasteiger partial charge in [-0.25, -0.2) is 0 Å². The summed E-state index contributed by atoms with van der Waals surface area (Å²) in [6.07, 6.45) is 4.35. The summed E-state index contributed by atoms with van der Waals surface area (Å²) in [5.74, 6) is 2.94. The molecule has 1 unspecified atom stereocenters. The largest absolute Gasteiger partial charge is 0.467 e. The van der Waals surface area contributed by atoms with Crippen molar-refractivity contribution < 1.29 is 9.21 Å². The van der Waals surface area contributed by atoms with E-state index in [1.807, 2.05) is 50.9 Å². The molecule has 0 saturated heterocycles. The van der Waals surface area contributed by atoms with E-state index in [9.17, 15) is 4.79 Å². The van der Waals surface area contributed by atoms with E-state index in [0.717, 1.165) is 60.2 Å². The third-order valence-electron chi connectivity index (χ3n) is 5.97. The Labute approximate surface area is 165 Å². The molecule has 7 heteroatoms. The number of hydrogen-bond donors (Lipinski definition) is 0. The van der Waals surface area contributed by atoms with E-state index < -0.39 is 0 Å². The maximum atomic E-state index is 13.3. The van der Waals surface area contributed by atoms with Crippen LogP contribution in [0.25, 0.3) is 0 Å². The second-order valence-electron chi connectivity index (χ2n) is 7.66. The van der Waals surface area contributed by atoms with E-state index in [0.29, 0.717) is 6.54 Å². The topological polar surface area (TPSA) is 69.1 Å². The first-order chi connectivity index (χ1) is 13.5. The van der Waals surface area contributed by atoms with E-state index >= 15 is 0 Å². The van der Waals surface area contributed by atoms with Gasteiger partial charge in [-0.15, -0.1) is 10.2 Å². The van der Waals surface area contributed by atoms with Crippen LogP contribution in [0.2, 0.25) is 0 Å². The van der Waals surface area contributed by atoms with E-state index in [1.54, 1.807) is 6.26 Å². The van der Waals surface area contributed by atoms with Crippen LogP contribution in [0.5, 0.6) is 0 Å². The van der Waals surface area contributed by atoms with Crippen LogP contribution in [0.4, 0.5) is 0 Å². The van der Waals surface area contributed by atoms with Gasteiger partial charge in [0.15, 0.2) is 0 Å². The Kier molecular flexibility index (Phi) is 4.83. The zero-order valence-corrected chi connectivity index (χ0v) is 17.0. The predicted molar refractivity (Wildman–Crippen MR) is 105 cm³/mol. The van der Waals surface area contributed by atoms with Crippen LogP contribution in [-0.4, -0.2) is 43.2 Å². The number of rotatable bonds is 4. The van der Waals surface area contributed by atoms with Crippen molar-refractivity contribution >= 4 is 5.91 Å². The minimum absolute atomic E-state index is 0.0817. The maximum Gasteiger partial charge on any atom is 0.255 e. The molecule has 28 heavy (non-hydrogen) atoms. The summed E-state index contributed by atoms with van der Waals surface area (Å²) in [6.45, 7) is 7.52. The molecule has 0 aromatic carbocycles. The first-order valence-electron chi connectivity index (χ1n) is 9.80. The van der Waals surface area contributed by atoms with Crippen molar-refractivity contribution in [2.24, 2.45) is 0 Å². The molecule has 0 saturated carbocycles. The Bertz CT molecular complexity index is 983. The van der Waals surface area contributed by atoms with E-state index in [1.165, 1.54) is 0 Å². The number of furan rings is 1. The van der Waals surface area contributed by atoms with Crippen LogP contribution >= 0.6 is 0 Å². The van der Waals surface area contributed by atoms with Crippen molar-refractivity contribution in [3.05, 3.63) is 58.8 Å². The monoisotopic (exact) mass is 381 g/mol. The third kappa shape index (κ3) is 3.25. The first kappa shape index (κ1) is 18.5. The highest BCUT2D eigenvalue weighted by Crippen LogP contribution is 2.23. The summed E-state index contributed by atoms with van der Waals surface area (Å²) in [7, 11) is 1.92. The molecule has 0 fully saturated rings. The van der Waals surface area contributed by atoms with Gasteiger partial charge in [0.1, 0.15) is 17.4 Å². The number of carbonyl (C=O) groups excluding carboxylic acids is 1. The van der Waals surface area contributed by atoms with Gasteiger partial charge in [-0.3, -0.25) is 4.79 Å². The summed E-state index contributed by atoms with van der Waals surface area (Å²) < 4.78 is 9.79. The number of aromatic nitrogens is 4. The number of hydrogen-bond acceptors (Lipinski definition) is 4. The molecule has 3 aromatic rings. The number of amides is 1. The van der Waals surface area contributed by atoms with Crippen LogP contribution in [0, 0.1) is 20.8 Å². The van der Waals surface area contributed by atoms with Gasteiger partial charge in [-0.05, 0) is 51.8 Å². The summed E-state index contributed by atoms with van der Waals surface area (Å²) in [5, 5.41) is 8.44. The normalized spacial score (nSPS) is 16.6. The number of aryl methyl sites for hydroxylation is 3. The second kappa shape index (κ2) is 7.30. The molecule has 0 radical (unpaired) electrons. The average Bonchev–Trinajstić information content (AvgIpc) is 3.34. The summed E-state index contributed by atoms with van der Waals surface area (Å²) in [5.41, 5.74) is 2.81. The quantitative estimate of drug-likeness (QED) is 0.696. The lowest BCUT2D eigenvalue weighted by Crippen LogP contribution is -2.37. The van der Waals surface area contributed by atoms with E-state index in [-0.39, 0.29) is 11.9 Å². The van der Waals surface area contributed by atoms with Crippen LogP contribution in [-0.2, 0) is 19.5 Å². The number of fused-ring (bicyclic) bond motifs is 1. The summed E-state index contributed by atoms with van der Waals surface area (Å²) in [6, 6.07) is 6.03. The fraction of sp³-hybridized carbons (Fsp3) is 0.476. The number of carbonyl (C=O) groups is 1. The van der Waals surface area contributed by atoms with E-state index in [4.69, 9.17) is 4.42 Å². The van der Waals surface area contributed by atoms with Gasteiger partial charge in [0.05, 0.1) is 18.4 Å². The molecule has 0 bridgehead atoms. The molecule has 1 atom stereocenters. The van der Waals surface area contributed by atoms with Gasteiger partial charge >= 0.3 is 0 Å². The second-order valence-corrected chi connectivity index (χ2v) is 7.66. The first-order valence-corrected chi connectivity index (χ1v) is 9.80. The van der Waals surface area contributed by atoms with Crippen LogP contribution in [0.15, 0.2) is 28.9 Å². The summed E-state index contributed by atoms with van der Waals surface area (Å²) >= 11 is 0. The fourth-order valence-corrected chi connectivity index (χ4v) is 4.18. The highest BCUT2D eigenvalue weighted by atomic mass is 16.3. The minimum atomic E-state index is 0.0817. The smallest absolute Gasteiger partial charge is 0.255 e. The van der Waals surface area contributed by atoms with Gasteiger partial charge in [0.2, 0.25) is 0 Å². The minimum Gasteiger partial charge on any atom is -0.467 e. The molecule has 0 spiro atoms. The molecule has 0 N–H and O–H groups in total. The summed E-state index contributed by atoms with van der Waals surface area (Å²) in [4.78, 5) is 15.2. The molecule has 4 heterocycles. The lowest BCUT2D eigenvalue weighted by atomic mass is 10.1. The standard InChI is InChI=1S/C21H27N5O2/c1-14-12-19(15(2)26(14)13-18-6-5-11-28-18)21(27)24(4)17-7-8-20-23-22-16(3)25(20)10-9-17/h5-6,11-12,17H,7-10,13H2,1-4H3. The Balaban J connectivity index is 1.51. The molecule has 7 nitrogen and oxygen atoms in total. The molecule has 4 rings (SSSR count). The predicted octanol–water partition coefficient (Wildman–Crippen LogP) is 3.12. The van der Waals surface area contributed by atoms with Gasteiger partial charge in [0, 0.05) is 37.4 Å². The molecule has 0 aliphatic carbocycles. The van der Waals surface area contributed by atoms with Crippen molar-refractivity contribution in [3.63, 3.8) is 0 Å². The van der Waals surface area contributed by atoms with Gasteiger partial charge in [0.25, 0.3) is 5.91 Å². The zero-order chi connectivity index (χ0) is 19.8. The van der Waals surface area contributed by atoms with Crippen molar-refractivity contribution in [1.29, 1.82) is 0 Å². The lowest BCUT2D eigenvalue weighted by molar-refractivity contribution is 0.0715. The van der Waals surface area contributed by atoms with Gasteiger partial charge in [-0.1, -0.05) is 0 Å². The highest BCUT2D eigenvalue weighted by molar-refractivity contribution is 5.95. The molecule has 3 aromatic heterocycles. The molecular formula is C21H27N5O2. The fourth-order valence-electron chi connectivity index (χ4n) is 4.18. The molecule has 1 amide bonds. The Morgan fingerprint density at radius 3 is 2.86 bits per heavy atom. The average molecular weight is 381 g/mol. The highest BCUT2D eigenvalue weighted by Gasteiger charge is 2.27. The van der Waals surface area contributed by atoms with Crippen molar-refractivity contribution in [3.8, 4) is 0 Å². The zero-order valence-electron chi connectivity index (χ0n) is 17.0. The van der Waals surface area contributed by atoms with Crippen LogP contribution in [0.3, 0.4) is 0 Å². The van der Waals surface area contributed by atoms with Crippen LogP contribution in [0.1, 0.15) is 52.0 Å². The van der Waals surface area contributed by atoms with E-state index in [2.05, 4.69) is 19.3 Å². The van der Waals surface area contributed by atoms with Gasteiger partial charge < -0.3 is 18.5 Å². The third-order valence-corrected chi connectivity index (χ3v) is 5.97. The molecule has 148 valence electrons. The SMILES string of the molecule is Cc1cc(C(=O)N(C)C2CCc3nnc(C)n3CC2)c(C)n1Cc1ccco1. The molecule has 1 aliphatic rings. The Morgan fingerprint density at radius 2 is 2.11 bits per heavy atom. The molecular weight excluding hydrogens is 354 g/mol. The van der Waals surface area contributed by atoms with Crippen molar-refractivity contribution in [2.45, 2.75) is 59.2 Å². The van der Waals surface area contributed by atoms with Gasteiger partial charge in [-0.2, -0.15) is 0 Å². The lowest BCUT2D eigenvalue weighted by Gasteiger charge is -2.27.